The summed E-state index contributed by atoms with van der Waals surface area (Å²) < 4.78 is 0. The van der Waals surface area contributed by atoms with Crippen LogP contribution in [0.4, 0.5) is 17.3 Å². The Bertz CT molecular complexity index is 529. The molecule has 1 aromatic heterocycles. The van der Waals surface area contributed by atoms with Crippen molar-refractivity contribution in [3.05, 3.63) is 41.2 Å². The third-order valence-corrected chi connectivity index (χ3v) is 2.69. The van der Waals surface area contributed by atoms with Crippen LogP contribution in [0.1, 0.15) is 5.56 Å². The molecule has 0 aliphatic heterocycles. The second-order valence-electron chi connectivity index (χ2n) is 3.47. The molecule has 0 fully saturated rings. The predicted octanol–water partition coefficient (Wildman–Crippen LogP) is 1.91. The summed E-state index contributed by atoms with van der Waals surface area (Å²) >= 11 is 6.03. The lowest BCUT2D eigenvalue weighted by Gasteiger charge is -2.09. The van der Waals surface area contributed by atoms with Crippen molar-refractivity contribution in [2.24, 2.45) is 0 Å². The van der Waals surface area contributed by atoms with Crippen LogP contribution in [0, 0.1) is 0 Å². The first-order valence-electron chi connectivity index (χ1n) is 5.01. The second-order valence-corrected chi connectivity index (χ2v) is 3.87. The minimum Gasteiger partial charge on any atom is -0.393 e. The van der Waals surface area contributed by atoms with Gasteiger partial charge >= 0.3 is 0 Å². The minimum absolute atomic E-state index is 0.265. The molecule has 5 nitrogen and oxygen atoms in total. The van der Waals surface area contributed by atoms with Crippen LogP contribution in [0.2, 0.25) is 5.02 Å². The van der Waals surface area contributed by atoms with Gasteiger partial charge in [0, 0.05) is 11.6 Å². The molecular formula is C11H12ClN5. The molecule has 1 aromatic carbocycles. The summed E-state index contributed by atoms with van der Waals surface area (Å²) in [6.07, 6.45) is 1.36. The van der Waals surface area contributed by atoms with Crippen molar-refractivity contribution in [1.82, 2.24) is 9.97 Å². The summed E-state index contributed by atoms with van der Waals surface area (Å²) in [6, 6.07) is 7.55. The quantitative estimate of drug-likeness (QED) is 0.773. The number of nitrogen functional groups attached to an aromatic ring is 2. The summed E-state index contributed by atoms with van der Waals surface area (Å²) in [5.74, 6) is 0.777. The van der Waals surface area contributed by atoms with Crippen molar-refractivity contribution in [2.45, 2.75) is 6.54 Å². The Morgan fingerprint density at radius 3 is 2.71 bits per heavy atom. The van der Waals surface area contributed by atoms with E-state index in [9.17, 15) is 0 Å². The number of nitrogens with zero attached hydrogens (tertiary/aromatic N) is 2. The van der Waals surface area contributed by atoms with Crippen LogP contribution >= 0.6 is 11.6 Å². The second kappa shape index (κ2) is 4.88. The van der Waals surface area contributed by atoms with Gasteiger partial charge in [-0.05, 0) is 11.6 Å². The number of halogens is 1. The summed E-state index contributed by atoms with van der Waals surface area (Å²) in [5, 5.41) is 3.77. The first kappa shape index (κ1) is 11.5. The molecule has 6 heteroatoms. The van der Waals surface area contributed by atoms with Crippen LogP contribution < -0.4 is 16.8 Å². The van der Waals surface area contributed by atoms with Crippen molar-refractivity contribution in [2.75, 3.05) is 16.8 Å². The van der Waals surface area contributed by atoms with Crippen molar-refractivity contribution in [1.29, 1.82) is 0 Å². The van der Waals surface area contributed by atoms with Gasteiger partial charge in [0.1, 0.15) is 12.0 Å². The Balaban J connectivity index is 2.13. The van der Waals surface area contributed by atoms with Crippen LogP contribution in [0.25, 0.3) is 0 Å². The zero-order valence-electron chi connectivity index (χ0n) is 9.02. The van der Waals surface area contributed by atoms with Gasteiger partial charge in [-0.1, -0.05) is 29.8 Å². The lowest BCUT2D eigenvalue weighted by atomic mass is 10.2. The molecular weight excluding hydrogens is 238 g/mol. The smallest absolute Gasteiger partial charge is 0.155 e. The molecule has 0 amide bonds. The van der Waals surface area contributed by atoms with Crippen molar-refractivity contribution in [3.8, 4) is 0 Å². The van der Waals surface area contributed by atoms with Crippen molar-refractivity contribution >= 4 is 28.9 Å². The van der Waals surface area contributed by atoms with E-state index in [1.54, 1.807) is 0 Å². The van der Waals surface area contributed by atoms with E-state index < -0.39 is 0 Å². The number of anilines is 3. The molecule has 17 heavy (non-hydrogen) atoms. The van der Waals surface area contributed by atoms with Gasteiger partial charge in [0.2, 0.25) is 0 Å². The van der Waals surface area contributed by atoms with Gasteiger partial charge in [0.05, 0.1) is 0 Å². The number of aromatic nitrogens is 2. The molecule has 2 rings (SSSR count). The first-order valence-corrected chi connectivity index (χ1v) is 5.39. The Morgan fingerprint density at radius 1 is 1.18 bits per heavy atom. The largest absolute Gasteiger partial charge is 0.393 e. The highest BCUT2D eigenvalue weighted by molar-refractivity contribution is 6.31. The molecule has 0 aliphatic rings. The van der Waals surface area contributed by atoms with Gasteiger partial charge in [0.15, 0.2) is 11.6 Å². The minimum atomic E-state index is 0.265. The fraction of sp³-hybridized carbons (Fsp3) is 0.0909. The summed E-state index contributed by atoms with van der Waals surface area (Å²) in [6.45, 7) is 0.528. The molecule has 0 atom stereocenters. The van der Waals surface area contributed by atoms with Crippen LogP contribution in [0.15, 0.2) is 30.6 Å². The van der Waals surface area contributed by atoms with Gasteiger partial charge in [0.25, 0.3) is 0 Å². The fourth-order valence-electron chi connectivity index (χ4n) is 1.37. The predicted molar refractivity (Wildman–Crippen MR) is 69.6 cm³/mol. The summed E-state index contributed by atoms with van der Waals surface area (Å²) in [7, 11) is 0. The Labute approximate surface area is 104 Å². The standard InChI is InChI=1S/C11H12ClN5/c12-8-4-2-1-3-7(8)5-15-11-9(13)10(14)16-6-17-11/h1-4,6H,5,13H2,(H3,14,15,16,17). The lowest BCUT2D eigenvalue weighted by molar-refractivity contribution is 1.09. The van der Waals surface area contributed by atoms with Gasteiger partial charge in [-0.2, -0.15) is 0 Å². The van der Waals surface area contributed by atoms with E-state index in [4.69, 9.17) is 23.1 Å². The number of hydrogen-bond donors (Lipinski definition) is 3. The monoisotopic (exact) mass is 249 g/mol. The van der Waals surface area contributed by atoms with Crippen LogP contribution in [-0.4, -0.2) is 9.97 Å². The highest BCUT2D eigenvalue weighted by Crippen LogP contribution is 2.21. The molecule has 0 saturated heterocycles. The van der Waals surface area contributed by atoms with E-state index in [1.165, 1.54) is 6.33 Å². The van der Waals surface area contributed by atoms with Crippen molar-refractivity contribution in [3.63, 3.8) is 0 Å². The number of benzene rings is 1. The molecule has 0 unspecified atom stereocenters. The Hall–Kier alpha value is -2.01. The van der Waals surface area contributed by atoms with E-state index in [0.717, 1.165) is 5.56 Å². The zero-order valence-corrected chi connectivity index (χ0v) is 9.78. The van der Waals surface area contributed by atoms with Gasteiger partial charge in [-0.25, -0.2) is 9.97 Å². The molecule has 0 saturated carbocycles. The number of rotatable bonds is 3. The van der Waals surface area contributed by atoms with Gasteiger partial charge in [-0.3, -0.25) is 0 Å². The molecule has 88 valence electrons. The third kappa shape index (κ3) is 2.57. The summed E-state index contributed by atoms with van der Waals surface area (Å²) in [5.41, 5.74) is 12.6. The maximum Gasteiger partial charge on any atom is 0.155 e. The number of nitrogens with one attached hydrogen (secondary N) is 1. The van der Waals surface area contributed by atoms with Crippen LogP contribution in [0.5, 0.6) is 0 Å². The number of nitrogens with two attached hydrogens (primary N) is 2. The Morgan fingerprint density at radius 2 is 1.94 bits per heavy atom. The number of hydrogen-bond acceptors (Lipinski definition) is 5. The molecule has 5 N–H and O–H groups in total. The lowest BCUT2D eigenvalue weighted by Crippen LogP contribution is -2.08. The highest BCUT2D eigenvalue weighted by atomic mass is 35.5. The molecule has 0 bridgehead atoms. The zero-order chi connectivity index (χ0) is 12.3. The van der Waals surface area contributed by atoms with Gasteiger partial charge < -0.3 is 16.8 Å². The van der Waals surface area contributed by atoms with E-state index in [1.807, 2.05) is 24.3 Å². The Kier molecular flexibility index (Phi) is 3.30. The average Bonchev–Trinajstić information content (AvgIpc) is 2.33. The molecule has 1 heterocycles. The third-order valence-electron chi connectivity index (χ3n) is 2.32. The summed E-state index contributed by atoms with van der Waals surface area (Å²) in [4.78, 5) is 7.80. The van der Waals surface area contributed by atoms with E-state index in [-0.39, 0.29) is 5.82 Å². The van der Waals surface area contributed by atoms with Crippen molar-refractivity contribution < 1.29 is 0 Å². The topological polar surface area (TPSA) is 89.8 Å². The molecule has 0 aliphatic carbocycles. The van der Waals surface area contributed by atoms with E-state index >= 15 is 0 Å². The first-order chi connectivity index (χ1) is 8.18. The SMILES string of the molecule is Nc1ncnc(NCc2ccccc2Cl)c1N. The fourth-order valence-corrected chi connectivity index (χ4v) is 1.57. The maximum absolute atomic E-state index is 6.03. The normalized spacial score (nSPS) is 10.2. The molecule has 0 spiro atoms. The average molecular weight is 250 g/mol. The molecule has 2 aromatic rings. The van der Waals surface area contributed by atoms with Crippen LogP contribution in [-0.2, 0) is 6.54 Å². The van der Waals surface area contributed by atoms with E-state index in [0.29, 0.717) is 23.1 Å². The maximum atomic E-state index is 6.03. The highest BCUT2D eigenvalue weighted by Gasteiger charge is 2.05. The van der Waals surface area contributed by atoms with Gasteiger partial charge in [-0.15, -0.1) is 0 Å². The van der Waals surface area contributed by atoms with E-state index in [2.05, 4.69) is 15.3 Å². The van der Waals surface area contributed by atoms with Crippen LogP contribution in [0.3, 0.4) is 0 Å². The molecule has 0 radical (unpaired) electrons.